The lowest BCUT2D eigenvalue weighted by atomic mass is 10.0. The fourth-order valence-corrected chi connectivity index (χ4v) is 2.13. The second-order valence-corrected chi connectivity index (χ2v) is 5.68. The molecule has 2 nitrogen and oxygen atoms in total. The van der Waals surface area contributed by atoms with E-state index in [9.17, 15) is 4.79 Å². The zero-order valence-electron chi connectivity index (χ0n) is 12.5. The van der Waals surface area contributed by atoms with Gasteiger partial charge in [0.25, 0.3) is 0 Å². The summed E-state index contributed by atoms with van der Waals surface area (Å²) in [5.41, 5.74) is 3.99. The number of carbonyl (C=O) groups is 1. The van der Waals surface area contributed by atoms with Crippen molar-refractivity contribution < 1.29 is 9.53 Å². The molecule has 0 aliphatic carbocycles. The molecule has 0 aromatic heterocycles. The Labute approximate surface area is 130 Å². The van der Waals surface area contributed by atoms with Gasteiger partial charge in [0.1, 0.15) is 6.10 Å². The minimum Gasteiger partial charge on any atom is -0.366 e. The first-order valence-corrected chi connectivity index (χ1v) is 7.32. The highest BCUT2D eigenvalue weighted by molar-refractivity contribution is 6.30. The van der Waals surface area contributed by atoms with E-state index >= 15 is 0 Å². The Bertz CT molecular complexity index is 632. The molecule has 0 bridgehead atoms. The molecule has 0 aliphatic heterocycles. The summed E-state index contributed by atoms with van der Waals surface area (Å²) in [6.45, 7) is 6.22. The average Bonchev–Trinajstić information content (AvgIpc) is 2.48. The van der Waals surface area contributed by atoms with Gasteiger partial charge < -0.3 is 4.74 Å². The zero-order chi connectivity index (χ0) is 15.4. The van der Waals surface area contributed by atoms with Crippen LogP contribution in [0, 0.1) is 13.8 Å². The number of carbonyl (C=O) groups excluding carboxylic acids is 1. The van der Waals surface area contributed by atoms with Crippen LogP contribution in [0.1, 0.15) is 34.0 Å². The van der Waals surface area contributed by atoms with Crippen LogP contribution in [0.4, 0.5) is 0 Å². The van der Waals surface area contributed by atoms with Gasteiger partial charge in [0.2, 0.25) is 0 Å². The maximum atomic E-state index is 12.3. The summed E-state index contributed by atoms with van der Waals surface area (Å²) in [7, 11) is 0. The highest BCUT2D eigenvalue weighted by atomic mass is 35.5. The number of ketones is 1. The van der Waals surface area contributed by atoms with E-state index < -0.39 is 6.10 Å². The van der Waals surface area contributed by atoms with Crippen molar-refractivity contribution in [2.24, 2.45) is 0 Å². The van der Waals surface area contributed by atoms with Crippen LogP contribution in [0.5, 0.6) is 0 Å². The standard InChI is InChI=1S/C18H19ClO2/c1-12-4-7-16(10-13(12)2)18(20)14(3)21-11-15-5-8-17(19)9-6-15/h4-10,14H,11H2,1-3H3. The first-order chi connectivity index (χ1) is 9.97. The molecule has 0 N–H and O–H groups in total. The first kappa shape index (κ1) is 15.7. The molecule has 0 saturated heterocycles. The van der Waals surface area contributed by atoms with Crippen LogP contribution in [0.3, 0.4) is 0 Å². The number of ether oxygens (including phenoxy) is 1. The maximum Gasteiger partial charge on any atom is 0.191 e. The molecule has 1 unspecified atom stereocenters. The van der Waals surface area contributed by atoms with E-state index in [0.717, 1.165) is 11.1 Å². The largest absolute Gasteiger partial charge is 0.366 e. The monoisotopic (exact) mass is 302 g/mol. The molecule has 0 aliphatic rings. The van der Waals surface area contributed by atoms with Gasteiger partial charge in [-0.25, -0.2) is 0 Å². The van der Waals surface area contributed by atoms with Crippen LogP contribution in [0.25, 0.3) is 0 Å². The summed E-state index contributed by atoms with van der Waals surface area (Å²) >= 11 is 5.84. The molecule has 2 aromatic carbocycles. The summed E-state index contributed by atoms with van der Waals surface area (Å²) in [5.74, 6) is 0.00654. The maximum absolute atomic E-state index is 12.3. The lowest BCUT2D eigenvalue weighted by molar-refractivity contribution is 0.0412. The van der Waals surface area contributed by atoms with Crippen molar-refractivity contribution in [3.8, 4) is 0 Å². The van der Waals surface area contributed by atoms with Gasteiger partial charge in [0.15, 0.2) is 5.78 Å². The quantitative estimate of drug-likeness (QED) is 0.745. The van der Waals surface area contributed by atoms with Crippen LogP contribution in [0.2, 0.25) is 5.02 Å². The molecule has 21 heavy (non-hydrogen) atoms. The van der Waals surface area contributed by atoms with Crippen molar-refractivity contribution in [3.63, 3.8) is 0 Å². The minimum absolute atomic E-state index is 0.00654. The summed E-state index contributed by atoms with van der Waals surface area (Å²) in [4.78, 5) is 12.3. The molecule has 2 rings (SSSR count). The van der Waals surface area contributed by atoms with Gasteiger partial charge in [0.05, 0.1) is 6.61 Å². The number of hydrogen-bond donors (Lipinski definition) is 0. The summed E-state index contributed by atoms with van der Waals surface area (Å²) in [5, 5.41) is 0.693. The van der Waals surface area contributed by atoms with Crippen molar-refractivity contribution in [1.29, 1.82) is 0 Å². The Morgan fingerprint density at radius 3 is 2.38 bits per heavy atom. The number of rotatable bonds is 5. The van der Waals surface area contributed by atoms with Crippen LogP contribution in [-0.4, -0.2) is 11.9 Å². The van der Waals surface area contributed by atoms with Crippen LogP contribution < -0.4 is 0 Å². The van der Waals surface area contributed by atoms with Gasteiger partial charge in [-0.1, -0.05) is 35.9 Å². The van der Waals surface area contributed by atoms with Gasteiger partial charge in [-0.05, 0) is 55.7 Å². The van der Waals surface area contributed by atoms with Gasteiger partial charge in [-0.3, -0.25) is 4.79 Å². The molecule has 0 radical (unpaired) electrons. The summed E-state index contributed by atoms with van der Waals surface area (Å²) in [6.07, 6.45) is -0.470. The smallest absolute Gasteiger partial charge is 0.191 e. The van der Waals surface area contributed by atoms with E-state index in [1.807, 2.05) is 56.3 Å². The third-order valence-electron chi connectivity index (χ3n) is 3.57. The predicted octanol–water partition coefficient (Wildman–Crippen LogP) is 4.74. The molecule has 2 aromatic rings. The molecular formula is C18H19ClO2. The van der Waals surface area contributed by atoms with Gasteiger partial charge >= 0.3 is 0 Å². The Kier molecular flexibility index (Phi) is 5.16. The Hall–Kier alpha value is -1.64. The second-order valence-electron chi connectivity index (χ2n) is 5.24. The Morgan fingerprint density at radius 1 is 1.10 bits per heavy atom. The number of benzene rings is 2. The topological polar surface area (TPSA) is 26.3 Å². The number of aryl methyl sites for hydroxylation is 2. The highest BCUT2D eigenvalue weighted by Gasteiger charge is 2.16. The summed E-state index contributed by atoms with van der Waals surface area (Å²) in [6, 6.07) is 13.2. The van der Waals surface area contributed by atoms with E-state index in [1.165, 1.54) is 5.56 Å². The Balaban J connectivity index is 1.99. The zero-order valence-corrected chi connectivity index (χ0v) is 13.3. The van der Waals surface area contributed by atoms with Crippen molar-refractivity contribution >= 4 is 17.4 Å². The predicted molar refractivity (Wildman–Crippen MR) is 85.9 cm³/mol. The van der Waals surface area contributed by atoms with E-state index in [2.05, 4.69) is 0 Å². The van der Waals surface area contributed by atoms with E-state index in [1.54, 1.807) is 6.92 Å². The molecule has 3 heteroatoms. The van der Waals surface area contributed by atoms with Crippen LogP contribution in [-0.2, 0) is 11.3 Å². The van der Waals surface area contributed by atoms with Crippen molar-refractivity contribution in [1.82, 2.24) is 0 Å². The van der Waals surface area contributed by atoms with Crippen molar-refractivity contribution in [2.45, 2.75) is 33.5 Å². The average molecular weight is 303 g/mol. The lowest BCUT2D eigenvalue weighted by Gasteiger charge is -2.13. The second kappa shape index (κ2) is 6.88. The number of Topliss-reactive ketones (excluding diaryl/α,β-unsaturated/α-hetero) is 1. The van der Waals surface area contributed by atoms with E-state index in [-0.39, 0.29) is 5.78 Å². The third kappa shape index (κ3) is 4.16. The van der Waals surface area contributed by atoms with Gasteiger partial charge in [-0.15, -0.1) is 0 Å². The SMILES string of the molecule is Cc1ccc(C(=O)C(C)OCc2ccc(Cl)cc2)cc1C. The molecular weight excluding hydrogens is 284 g/mol. The molecule has 0 spiro atoms. The van der Waals surface area contributed by atoms with Crippen molar-refractivity contribution in [2.75, 3.05) is 0 Å². The molecule has 1 atom stereocenters. The molecule has 0 fully saturated rings. The first-order valence-electron chi connectivity index (χ1n) is 6.95. The fourth-order valence-electron chi connectivity index (χ4n) is 2.01. The molecule has 0 saturated carbocycles. The van der Waals surface area contributed by atoms with Gasteiger partial charge in [0, 0.05) is 10.6 Å². The molecule has 0 amide bonds. The van der Waals surface area contributed by atoms with Gasteiger partial charge in [-0.2, -0.15) is 0 Å². The molecule has 0 heterocycles. The molecule has 110 valence electrons. The number of halogens is 1. The fraction of sp³-hybridized carbons (Fsp3) is 0.278. The lowest BCUT2D eigenvalue weighted by Crippen LogP contribution is -2.21. The van der Waals surface area contributed by atoms with E-state index in [4.69, 9.17) is 16.3 Å². The normalized spacial score (nSPS) is 12.2. The van der Waals surface area contributed by atoms with Crippen LogP contribution >= 0.6 is 11.6 Å². The third-order valence-corrected chi connectivity index (χ3v) is 3.83. The number of hydrogen-bond acceptors (Lipinski definition) is 2. The van der Waals surface area contributed by atoms with E-state index in [0.29, 0.717) is 17.2 Å². The van der Waals surface area contributed by atoms with Crippen LogP contribution in [0.15, 0.2) is 42.5 Å². The highest BCUT2D eigenvalue weighted by Crippen LogP contribution is 2.15. The summed E-state index contributed by atoms with van der Waals surface area (Å²) < 4.78 is 5.66. The van der Waals surface area contributed by atoms with Crippen molar-refractivity contribution in [3.05, 3.63) is 69.7 Å². The minimum atomic E-state index is -0.470. The Morgan fingerprint density at radius 2 is 1.76 bits per heavy atom.